The van der Waals surface area contributed by atoms with E-state index in [0.717, 1.165) is 35.5 Å². The lowest BCUT2D eigenvalue weighted by atomic mass is 9.86. The topological polar surface area (TPSA) is 64.5 Å². The number of carbonyl (C=O) groups is 1. The fraction of sp³-hybridized carbons (Fsp3) is 0.261. The number of aromatic nitrogens is 2. The van der Waals surface area contributed by atoms with E-state index in [-0.39, 0.29) is 17.9 Å². The molecule has 0 spiro atoms. The Morgan fingerprint density at radius 3 is 2.24 bits per heavy atom. The molecule has 29 heavy (non-hydrogen) atoms. The first-order chi connectivity index (χ1) is 14.3. The zero-order chi connectivity index (χ0) is 19.6. The van der Waals surface area contributed by atoms with Gasteiger partial charge in [0.15, 0.2) is 0 Å². The first-order valence-electron chi connectivity index (χ1n) is 9.87. The van der Waals surface area contributed by atoms with Crippen molar-refractivity contribution in [3.05, 3.63) is 78.2 Å². The molecule has 2 aromatic carbocycles. The van der Waals surface area contributed by atoms with Gasteiger partial charge in [-0.2, -0.15) is 0 Å². The summed E-state index contributed by atoms with van der Waals surface area (Å²) >= 11 is 0. The zero-order valence-corrected chi connectivity index (χ0v) is 15.9. The molecule has 6 heteroatoms. The number of nitrogens with zero attached hydrogens (tertiary/aromatic N) is 3. The number of rotatable bonds is 3. The van der Waals surface area contributed by atoms with Gasteiger partial charge in [-0.05, 0) is 12.1 Å². The molecule has 1 amide bonds. The van der Waals surface area contributed by atoms with Gasteiger partial charge in [-0.3, -0.25) is 9.78 Å². The number of hydrogen-bond acceptors (Lipinski definition) is 5. The lowest BCUT2D eigenvalue weighted by molar-refractivity contribution is -0.133. The third kappa shape index (κ3) is 3.42. The molecule has 1 aromatic heterocycles. The van der Waals surface area contributed by atoms with Crippen LogP contribution in [0.5, 0.6) is 17.4 Å². The summed E-state index contributed by atoms with van der Waals surface area (Å²) in [5, 5.41) is 0. The maximum absolute atomic E-state index is 13.6. The highest BCUT2D eigenvalue weighted by Crippen LogP contribution is 2.44. The minimum atomic E-state index is -0.339. The van der Waals surface area contributed by atoms with Crippen LogP contribution in [0.25, 0.3) is 0 Å². The maximum atomic E-state index is 13.6. The van der Waals surface area contributed by atoms with Crippen molar-refractivity contribution in [2.75, 3.05) is 13.1 Å². The summed E-state index contributed by atoms with van der Waals surface area (Å²) in [5.41, 5.74) is 1.85. The Morgan fingerprint density at radius 1 is 0.966 bits per heavy atom. The summed E-state index contributed by atoms with van der Waals surface area (Å²) in [4.78, 5) is 23.7. The Kier molecular flexibility index (Phi) is 4.60. The van der Waals surface area contributed by atoms with E-state index in [1.54, 1.807) is 18.6 Å². The van der Waals surface area contributed by atoms with E-state index in [4.69, 9.17) is 9.47 Å². The average Bonchev–Trinajstić information content (AvgIpc) is 2.78. The van der Waals surface area contributed by atoms with Gasteiger partial charge in [0.2, 0.25) is 11.8 Å². The fourth-order valence-corrected chi connectivity index (χ4v) is 4.07. The molecule has 5 rings (SSSR count). The number of amides is 1. The quantitative estimate of drug-likeness (QED) is 0.684. The summed E-state index contributed by atoms with van der Waals surface area (Å²) in [7, 11) is 0. The lowest BCUT2D eigenvalue weighted by Crippen LogP contribution is -2.44. The molecule has 0 N–H and O–H groups in total. The van der Waals surface area contributed by atoms with Gasteiger partial charge in [-0.1, -0.05) is 36.4 Å². The van der Waals surface area contributed by atoms with Crippen LogP contribution in [0, 0.1) is 0 Å². The molecule has 2 aliphatic rings. The maximum Gasteiger partial charge on any atom is 0.234 e. The molecule has 146 valence electrons. The molecule has 2 aliphatic heterocycles. The molecule has 1 fully saturated rings. The van der Waals surface area contributed by atoms with Crippen LogP contribution in [-0.2, 0) is 4.79 Å². The van der Waals surface area contributed by atoms with E-state index in [0.29, 0.717) is 19.0 Å². The molecule has 6 nitrogen and oxygen atoms in total. The van der Waals surface area contributed by atoms with Gasteiger partial charge in [0.05, 0.1) is 12.1 Å². The van der Waals surface area contributed by atoms with Gasteiger partial charge in [-0.25, -0.2) is 4.98 Å². The summed E-state index contributed by atoms with van der Waals surface area (Å²) in [6.07, 6.45) is 6.45. The number of para-hydroxylation sites is 2. The van der Waals surface area contributed by atoms with Gasteiger partial charge < -0.3 is 14.4 Å². The fourth-order valence-electron chi connectivity index (χ4n) is 4.07. The van der Waals surface area contributed by atoms with Crippen molar-refractivity contribution < 1.29 is 14.3 Å². The second-order valence-corrected chi connectivity index (χ2v) is 7.30. The molecule has 0 saturated carbocycles. The molecule has 3 heterocycles. The molecule has 0 aliphatic carbocycles. The third-order valence-corrected chi connectivity index (χ3v) is 5.51. The summed E-state index contributed by atoms with van der Waals surface area (Å²) in [6.45, 7) is 1.32. The summed E-state index contributed by atoms with van der Waals surface area (Å²) in [5.74, 6) is 1.82. The van der Waals surface area contributed by atoms with E-state index in [1.165, 1.54) is 0 Å². The van der Waals surface area contributed by atoms with Crippen molar-refractivity contribution in [2.24, 2.45) is 0 Å². The average molecular weight is 387 g/mol. The second-order valence-electron chi connectivity index (χ2n) is 7.30. The van der Waals surface area contributed by atoms with Crippen molar-refractivity contribution in [3.8, 4) is 17.4 Å². The van der Waals surface area contributed by atoms with Crippen molar-refractivity contribution in [2.45, 2.75) is 24.9 Å². The predicted octanol–water partition coefficient (Wildman–Crippen LogP) is 3.78. The molecule has 0 unspecified atom stereocenters. The van der Waals surface area contributed by atoms with E-state index in [9.17, 15) is 4.79 Å². The van der Waals surface area contributed by atoms with Crippen molar-refractivity contribution in [1.82, 2.24) is 14.9 Å². The molecule has 0 bridgehead atoms. The summed E-state index contributed by atoms with van der Waals surface area (Å²) in [6, 6.07) is 15.6. The standard InChI is InChI=1S/C23H21N3O3/c27-23(26-13-9-16(10-14-26)28-21-15-24-11-12-25-21)22-17-5-1-3-7-19(17)29-20-8-4-2-6-18(20)22/h1-8,11-12,15-16,22H,9-10,13-14H2. The van der Waals surface area contributed by atoms with Crippen LogP contribution in [0.1, 0.15) is 29.9 Å². The zero-order valence-electron chi connectivity index (χ0n) is 15.9. The van der Waals surface area contributed by atoms with Crippen LogP contribution >= 0.6 is 0 Å². The van der Waals surface area contributed by atoms with Crippen LogP contribution in [0.4, 0.5) is 0 Å². The lowest BCUT2D eigenvalue weighted by Gasteiger charge is -2.36. The number of benzene rings is 2. The van der Waals surface area contributed by atoms with Gasteiger partial charge in [0.25, 0.3) is 0 Å². The van der Waals surface area contributed by atoms with E-state index >= 15 is 0 Å². The SMILES string of the molecule is O=C(C1c2ccccc2Oc2ccccc21)N1CCC(Oc2cnccn2)CC1. The number of ether oxygens (including phenoxy) is 2. The highest BCUT2D eigenvalue weighted by atomic mass is 16.5. The second kappa shape index (κ2) is 7.54. The minimum absolute atomic E-state index is 0.0463. The molecular weight excluding hydrogens is 366 g/mol. The Bertz CT molecular complexity index is 971. The van der Waals surface area contributed by atoms with E-state index in [2.05, 4.69) is 9.97 Å². The Labute approximate surface area is 169 Å². The Morgan fingerprint density at radius 2 is 1.62 bits per heavy atom. The third-order valence-electron chi connectivity index (χ3n) is 5.51. The molecule has 0 atom stereocenters. The smallest absolute Gasteiger partial charge is 0.234 e. The van der Waals surface area contributed by atoms with Gasteiger partial charge in [-0.15, -0.1) is 0 Å². The number of likely N-dealkylation sites (tertiary alicyclic amines) is 1. The first-order valence-corrected chi connectivity index (χ1v) is 9.87. The predicted molar refractivity (Wildman–Crippen MR) is 107 cm³/mol. The van der Waals surface area contributed by atoms with Crippen molar-refractivity contribution in [3.63, 3.8) is 0 Å². The molecule has 1 saturated heterocycles. The van der Waals surface area contributed by atoms with Crippen molar-refractivity contribution >= 4 is 5.91 Å². The van der Waals surface area contributed by atoms with Crippen LogP contribution in [0.15, 0.2) is 67.1 Å². The first kappa shape index (κ1) is 17.7. The van der Waals surface area contributed by atoms with Gasteiger partial charge >= 0.3 is 0 Å². The molecule has 0 radical (unpaired) electrons. The molecular formula is C23H21N3O3. The van der Waals surface area contributed by atoms with Crippen LogP contribution < -0.4 is 9.47 Å². The minimum Gasteiger partial charge on any atom is -0.473 e. The van der Waals surface area contributed by atoms with Crippen LogP contribution in [0.3, 0.4) is 0 Å². The van der Waals surface area contributed by atoms with Crippen LogP contribution in [0.2, 0.25) is 0 Å². The highest BCUT2D eigenvalue weighted by molar-refractivity contribution is 5.89. The summed E-state index contributed by atoms with van der Waals surface area (Å²) < 4.78 is 11.9. The van der Waals surface area contributed by atoms with Gasteiger partial charge in [0.1, 0.15) is 17.6 Å². The van der Waals surface area contributed by atoms with Gasteiger partial charge in [0, 0.05) is 49.5 Å². The number of piperidine rings is 1. The number of fused-ring (bicyclic) bond motifs is 2. The van der Waals surface area contributed by atoms with E-state index < -0.39 is 0 Å². The highest BCUT2D eigenvalue weighted by Gasteiger charge is 2.36. The normalized spacial score (nSPS) is 16.5. The van der Waals surface area contributed by atoms with E-state index in [1.807, 2.05) is 53.4 Å². The Balaban J connectivity index is 1.34. The van der Waals surface area contributed by atoms with Crippen LogP contribution in [-0.4, -0.2) is 40.0 Å². The monoisotopic (exact) mass is 387 g/mol. The van der Waals surface area contributed by atoms with Crippen molar-refractivity contribution in [1.29, 1.82) is 0 Å². The number of hydrogen-bond donors (Lipinski definition) is 0. The largest absolute Gasteiger partial charge is 0.473 e. The number of carbonyl (C=O) groups excluding carboxylic acids is 1. The Hall–Kier alpha value is -3.41. The molecule has 3 aromatic rings.